The summed E-state index contributed by atoms with van der Waals surface area (Å²) in [6.07, 6.45) is 15.0. The number of ether oxygens (including phenoxy) is 6. The summed E-state index contributed by atoms with van der Waals surface area (Å²) in [5.74, 6) is 0.0273. The Labute approximate surface area is 278 Å². The largest absolute Gasteiger partial charge is 0.459 e. The number of esters is 2. The predicted molar refractivity (Wildman–Crippen MR) is 174 cm³/mol. The molecular weight excluding hydrogens is 608 g/mol. The summed E-state index contributed by atoms with van der Waals surface area (Å²) in [7, 11) is 2.96. The van der Waals surface area contributed by atoms with Crippen molar-refractivity contribution in [3.8, 4) is 0 Å². The molecule has 2 saturated heterocycles. The van der Waals surface area contributed by atoms with Crippen LogP contribution in [-0.2, 0) is 44.4 Å². The van der Waals surface area contributed by atoms with Gasteiger partial charge in [-0.05, 0) is 50.5 Å². The highest BCUT2D eigenvalue weighted by atomic mass is 16.6. The minimum atomic E-state index is -0.594. The highest BCUT2D eigenvalue weighted by Crippen LogP contribution is 2.29. The minimum absolute atomic E-state index is 0.000848. The van der Waals surface area contributed by atoms with E-state index >= 15 is 0 Å². The Morgan fingerprint density at radius 1 is 1.11 bits per heavy atom. The van der Waals surface area contributed by atoms with Crippen molar-refractivity contribution < 1.29 is 47.2 Å². The monoisotopic (exact) mass is 660 g/mol. The molecular formula is C35H52N2O10. The predicted octanol–water partition coefficient (Wildman–Crippen LogP) is 5.85. The normalized spacial score (nSPS) is 26.4. The molecule has 2 fully saturated rings. The van der Waals surface area contributed by atoms with E-state index in [0.29, 0.717) is 69.1 Å². The summed E-state index contributed by atoms with van der Waals surface area (Å²) in [4.78, 5) is 41.3. The van der Waals surface area contributed by atoms with Crippen molar-refractivity contribution in [1.29, 1.82) is 0 Å². The van der Waals surface area contributed by atoms with Crippen LogP contribution in [0.1, 0.15) is 90.1 Å². The van der Waals surface area contributed by atoms with Crippen LogP contribution < -0.4 is 5.32 Å². The first-order valence-corrected chi connectivity index (χ1v) is 16.7. The van der Waals surface area contributed by atoms with E-state index in [1.807, 2.05) is 6.08 Å². The first-order chi connectivity index (χ1) is 22.7. The van der Waals surface area contributed by atoms with Gasteiger partial charge in [0.1, 0.15) is 18.5 Å². The highest BCUT2D eigenvalue weighted by molar-refractivity contribution is 5.82. The van der Waals surface area contributed by atoms with Crippen LogP contribution in [0.15, 0.2) is 41.2 Å². The van der Waals surface area contributed by atoms with Gasteiger partial charge in [0, 0.05) is 44.7 Å². The summed E-state index contributed by atoms with van der Waals surface area (Å²) in [5.41, 5.74) is 0.698. The summed E-state index contributed by atoms with van der Waals surface area (Å²) in [6, 6.07) is 0. The van der Waals surface area contributed by atoms with E-state index < -0.39 is 24.3 Å². The van der Waals surface area contributed by atoms with Gasteiger partial charge in [-0.15, -0.1) is 0 Å². The number of rotatable bonds is 12. The lowest BCUT2D eigenvalue weighted by Crippen LogP contribution is -2.41. The zero-order valence-corrected chi connectivity index (χ0v) is 28.4. The molecule has 1 aromatic heterocycles. The standard InChI is InChI=1S/C35H52N2O10/c1-6-26-18-28(41-4)19-29-20-30(21-31(45-29)22-34(39)46-27(15-17-43-26)12-9-10-24(2)3)47-33(38)13-8-7-11-25-23-44-32(37-25)14-16-36-35(40)42-5/h8-9,12-14,16,23-24,26-31H,6-7,10-11,15,17-22H2,1-5H3,(H,36,40)/b12-9+,13-8-,16-14-/t26?,27-,28+,29?,30+,31?/m1/s1. The molecule has 2 aliphatic rings. The molecule has 0 aliphatic carbocycles. The van der Waals surface area contributed by atoms with Crippen molar-refractivity contribution in [3.63, 3.8) is 0 Å². The molecule has 1 N–H and O–H groups in total. The van der Waals surface area contributed by atoms with Crippen molar-refractivity contribution in [2.24, 2.45) is 5.92 Å². The first kappa shape index (κ1) is 38.0. The lowest BCUT2D eigenvalue weighted by molar-refractivity contribution is -0.167. The number of methoxy groups -OCH3 is 2. The quantitative estimate of drug-likeness (QED) is 0.125. The first-order valence-electron chi connectivity index (χ1n) is 16.7. The number of hydrogen-bond acceptors (Lipinski definition) is 11. The zero-order chi connectivity index (χ0) is 34.0. The molecule has 3 unspecified atom stereocenters. The van der Waals surface area contributed by atoms with Gasteiger partial charge >= 0.3 is 18.0 Å². The Morgan fingerprint density at radius 2 is 1.89 bits per heavy atom. The second-order valence-electron chi connectivity index (χ2n) is 12.3. The highest BCUT2D eigenvalue weighted by Gasteiger charge is 2.35. The molecule has 0 radical (unpaired) electrons. The third-order valence-electron chi connectivity index (χ3n) is 7.95. The fraction of sp³-hybridized carbons (Fsp3) is 0.657. The fourth-order valence-electron chi connectivity index (χ4n) is 5.49. The van der Waals surface area contributed by atoms with Gasteiger partial charge in [-0.25, -0.2) is 14.6 Å². The van der Waals surface area contributed by atoms with E-state index in [1.54, 1.807) is 13.2 Å². The van der Waals surface area contributed by atoms with Crippen LogP contribution in [0.2, 0.25) is 0 Å². The van der Waals surface area contributed by atoms with E-state index in [2.05, 4.69) is 41.9 Å². The number of oxazole rings is 1. The van der Waals surface area contributed by atoms with Crippen LogP contribution in [0.3, 0.4) is 0 Å². The number of amides is 1. The molecule has 3 heterocycles. The average molecular weight is 661 g/mol. The Kier molecular flexibility index (Phi) is 16.7. The number of aromatic nitrogens is 1. The number of hydrogen-bond donors (Lipinski definition) is 1. The van der Waals surface area contributed by atoms with E-state index in [9.17, 15) is 14.4 Å². The smallest absolute Gasteiger partial charge is 0.410 e. The van der Waals surface area contributed by atoms with Crippen LogP contribution in [0.5, 0.6) is 0 Å². The number of alkyl carbamates (subject to hydrolysis) is 1. The number of cyclic esters (lactones) is 1. The van der Waals surface area contributed by atoms with Gasteiger partial charge in [0.05, 0.1) is 50.2 Å². The lowest BCUT2D eigenvalue weighted by atomic mass is 9.94. The third kappa shape index (κ3) is 14.9. The topological polar surface area (TPSA) is 145 Å². The van der Waals surface area contributed by atoms with E-state index in [-0.39, 0.29) is 36.8 Å². The Morgan fingerprint density at radius 3 is 2.64 bits per heavy atom. The molecule has 1 amide bonds. The van der Waals surface area contributed by atoms with E-state index in [1.165, 1.54) is 31.7 Å². The van der Waals surface area contributed by atoms with Gasteiger partial charge in [0.2, 0.25) is 5.89 Å². The van der Waals surface area contributed by atoms with Crippen LogP contribution in [-0.4, -0.2) is 80.5 Å². The van der Waals surface area contributed by atoms with Crippen LogP contribution >= 0.6 is 0 Å². The van der Waals surface area contributed by atoms with Gasteiger partial charge in [0.15, 0.2) is 0 Å². The minimum Gasteiger partial charge on any atom is -0.459 e. The Balaban J connectivity index is 1.59. The molecule has 12 nitrogen and oxygen atoms in total. The molecule has 2 aliphatic heterocycles. The zero-order valence-electron chi connectivity index (χ0n) is 28.4. The molecule has 2 bridgehead atoms. The second kappa shape index (κ2) is 20.7. The maximum Gasteiger partial charge on any atom is 0.410 e. The molecule has 0 saturated carbocycles. The summed E-state index contributed by atoms with van der Waals surface area (Å²) >= 11 is 0. The van der Waals surface area contributed by atoms with Crippen molar-refractivity contribution in [1.82, 2.24) is 10.3 Å². The lowest BCUT2D eigenvalue weighted by Gasteiger charge is -2.36. The average Bonchev–Trinajstić information content (AvgIpc) is 3.48. The van der Waals surface area contributed by atoms with Gasteiger partial charge in [-0.2, -0.15) is 0 Å². The van der Waals surface area contributed by atoms with Crippen molar-refractivity contribution in [3.05, 3.63) is 48.4 Å². The van der Waals surface area contributed by atoms with Crippen LogP contribution in [0.4, 0.5) is 4.79 Å². The molecule has 12 heteroatoms. The van der Waals surface area contributed by atoms with Crippen LogP contribution in [0.25, 0.3) is 6.08 Å². The van der Waals surface area contributed by atoms with Crippen molar-refractivity contribution in [2.45, 2.75) is 122 Å². The van der Waals surface area contributed by atoms with Gasteiger partial charge in [-0.3, -0.25) is 10.1 Å². The molecule has 6 atom stereocenters. The van der Waals surface area contributed by atoms with E-state index in [4.69, 9.17) is 28.1 Å². The van der Waals surface area contributed by atoms with Gasteiger partial charge in [0.25, 0.3) is 0 Å². The van der Waals surface area contributed by atoms with Crippen molar-refractivity contribution >= 4 is 24.1 Å². The number of fused-ring (bicyclic) bond motifs is 2. The SMILES string of the molecule is CCC1C[C@H](OC)CC2C[C@H](OC(=O)/C=C\CCc3coc(/C=C\NC(=O)OC)n3)CC(CC(=O)O[C@H](/C=C/CC(C)C)CCO1)O2. The molecule has 47 heavy (non-hydrogen) atoms. The molecule has 0 aromatic carbocycles. The number of aryl methyl sites for hydroxylation is 1. The summed E-state index contributed by atoms with van der Waals surface area (Å²) < 4.78 is 39.9. The van der Waals surface area contributed by atoms with Gasteiger partial charge < -0.3 is 32.8 Å². The maximum atomic E-state index is 13.1. The number of carbonyl (C=O) groups is 3. The molecule has 3 rings (SSSR count). The maximum absolute atomic E-state index is 13.1. The van der Waals surface area contributed by atoms with E-state index in [0.717, 1.165) is 12.8 Å². The molecule has 1 aromatic rings. The summed E-state index contributed by atoms with van der Waals surface area (Å²) in [6.45, 7) is 6.86. The summed E-state index contributed by atoms with van der Waals surface area (Å²) in [5, 5.41) is 2.40. The third-order valence-corrected chi connectivity index (χ3v) is 7.95. The molecule has 262 valence electrons. The second-order valence-corrected chi connectivity index (χ2v) is 12.3. The van der Waals surface area contributed by atoms with Crippen LogP contribution in [0, 0.1) is 5.92 Å². The van der Waals surface area contributed by atoms with Crippen molar-refractivity contribution in [2.75, 3.05) is 20.8 Å². The number of allylic oxidation sites excluding steroid dienone is 2. The Bertz CT molecular complexity index is 1190. The fourth-order valence-corrected chi connectivity index (χ4v) is 5.49. The van der Waals surface area contributed by atoms with Gasteiger partial charge in [-0.1, -0.05) is 32.9 Å². The number of carbonyl (C=O) groups excluding carboxylic acids is 3. The number of nitrogens with zero attached hydrogens (tertiary/aromatic N) is 1. The Hall–Kier alpha value is -3.48. The molecule has 0 spiro atoms. The number of nitrogens with one attached hydrogen (secondary N) is 1.